The largest absolute Gasteiger partial charge is 0.317 e. The molecular weight excluding hydrogens is 196 g/mol. The van der Waals surface area contributed by atoms with Crippen LogP contribution in [0.3, 0.4) is 0 Å². The molecule has 0 spiro atoms. The first-order chi connectivity index (χ1) is 7.77. The van der Waals surface area contributed by atoms with Crippen molar-refractivity contribution in [1.82, 2.24) is 10.6 Å². The number of hydrogen-bond acceptors (Lipinski definition) is 2. The van der Waals surface area contributed by atoms with Crippen LogP contribution in [0.15, 0.2) is 0 Å². The van der Waals surface area contributed by atoms with Gasteiger partial charge in [-0.1, -0.05) is 26.7 Å². The topological polar surface area (TPSA) is 24.1 Å². The molecule has 0 aromatic rings. The Bertz CT molecular complexity index is 199. The molecule has 2 fully saturated rings. The monoisotopic (exact) mass is 224 g/mol. The summed E-state index contributed by atoms with van der Waals surface area (Å²) in [5, 5.41) is 7.28. The van der Waals surface area contributed by atoms with Gasteiger partial charge in [0.2, 0.25) is 0 Å². The minimum atomic E-state index is 0.790. The first-order valence-electron chi connectivity index (χ1n) is 7.21. The van der Waals surface area contributed by atoms with Crippen LogP contribution in [0.4, 0.5) is 0 Å². The van der Waals surface area contributed by atoms with E-state index in [2.05, 4.69) is 24.5 Å². The smallest absolute Gasteiger partial charge is 0.00953 e. The minimum Gasteiger partial charge on any atom is -0.317 e. The van der Waals surface area contributed by atoms with Gasteiger partial charge in [-0.05, 0) is 56.7 Å². The highest BCUT2D eigenvalue weighted by atomic mass is 14.9. The summed E-state index contributed by atoms with van der Waals surface area (Å²) in [6.07, 6.45) is 6.99. The Labute approximate surface area is 101 Å². The normalized spacial score (nSPS) is 37.5. The molecule has 2 nitrogen and oxygen atoms in total. The Morgan fingerprint density at radius 3 is 2.56 bits per heavy atom. The summed E-state index contributed by atoms with van der Waals surface area (Å²) in [6.45, 7) is 8.56. The number of piperidine rings is 1. The van der Waals surface area contributed by atoms with Gasteiger partial charge in [0, 0.05) is 6.04 Å². The molecule has 94 valence electrons. The van der Waals surface area contributed by atoms with E-state index in [0.717, 1.165) is 23.8 Å². The maximum absolute atomic E-state index is 3.84. The number of rotatable bonds is 3. The van der Waals surface area contributed by atoms with Crippen LogP contribution in [0.25, 0.3) is 0 Å². The molecule has 1 saturated carbocycles. The maximum Gasteiger partial charge on any atom is 0.00953 e. The van der Waals surface area contributed by atoms with Crippen molar-refractivity contribution >= 4 is 0 Å². The van der Waals surface area contributed by atoms with E-state index in [1.807, 2.05) is 0 Å². The summed E-state index contributed by atoms with van der Waals surface area (Å²) in [6, 6.07) is 0.790. The highest BCUT2D eigenvalue weighted by Crippen LogP contribution is 2.29. The van der Waals surface area contributed by atoms with E-state index < -0.39 is 0 Å². The molecule has 1 aliphatic carbocycles. The van der Waals surface area contributed by atoms with E-state index in [1.165, 1.54) is 51.7 Å². The molecule has 0 aromatic heterocycles. The van der Waals surface area contributed by atoms with Gasteiger partial charge in [-0.15, -0.1) is 0 Å². The Hall–Kier alpha value is -0.0800. The van der Waals surface area contributed by atoms with Gasteiger partial charge in [-0.2, -0.15) is 0 Å². The van der Waals surface area contributed by atoms with Gasteiger partial charge in [0.05, 0.1) is 0 Å². The molecule has 2 aliphatic rings. The van der Waals surface area contributed by atoms with Crippen LogP contribution in [0, 0.1) is 17.8 Å². The number of hydrogen-bond donors (Lipinski definition) is 2. The summed E-state index contributed by atoms with van der Waals surface area (Å²) in [5.41, 5.74) is 0. The van der Waals surface area contributed by atoms with Gasteiger partial charge in [0.1, 0.15) is 0 Å². The van der Waals surface area contributed by atoms with Crippen molar-refractivity contribution in [3.8, 4) is 0 Å². The standard InChI is InChI=1S/C14H28N2/c1-11-4-3-5-14(12(11)2)16-10-13-6-8-15-9-7-13/h11-16H,3-10H2,1-2H3. The molecule has 1 aliphatic heterocycles. The quantitative estimate of drug-likeness (QED) is 0.769. The van der Waals surface area contributed by atoms with E-state index >= 15 is 0 Å². The van der Waals surface area contributed by atoms with Crippen LogP contribution in [0.2, 0.25) is 0 Å². The average molecular weight is 224 g/mol. The van der Waals surface area contributed by atoms with Crippen LogP contribution in [0.1, 0.15) is 46.0 Å². The molecule has 16 heavy (non-hydrogen) atoms. The van der Waals surface area contributed by atoms with Crippen molar-refractivity contribution in [1.29, 1.82) is 0 Å². The van der Waals surface area contributed by atoms with Crippen molar-refractivity contribution in [3.63, 3.8) is 0 Å². The molecule has 1 heterocycles. The molecule has 3 atom stereocenters. The Morgan fingerprint density at radius 2 is 1.81 bits per heavy atom. The van der Waals surface area contributed by atoms with Crippen molar-refractivity contribution in [2.24, 2.45) is 17.8 Å². The predicted octanol–water partition coefficient (Wildman–Crippen LogP) is 2.40. The third-order valence-corrected chi connectivity index (χ3v) is 4.83. The second kappa shape index (κ2) is 6.02. The van der Waals surface area contributed by atoms with Crippen LogP contribution < -0.4 is 10.6 Å². The summed E-state index contributed by atoms with van der Waals surface area (Å²) >= 11 is 0. The third kappa shape index (κ3) is 3.21. The second-order valence-electron chi connectivity index (χ2n) is 5.98. The van der Waals surface area contributed by atoms with Gasteiger partial charge in [-0.3, -0.25) is 0 Å². The van der Waals surface area contributed by atoms with Crippen molar-refractivity contribution in [2.75, 3.05) is 19.6 Å². The zero-order chi connectivity index (χ0) is 11.4. The Balaban J connectivity index is 1.71. The maximum atomic E-state index is 3.84. The molecule has 0 radical (unpaired) electrons. The van der Waals surface area contributed by atoms with E-state index in [0.29, 0.717) is 0 Å². The lowest BCUT2D eigenvalue weighted by molar-refractivity contribution is 0.196. The second-order valence-corrected chi connectivity index (χ2v) is 5.98. The summed E-state index contributed by atoms with van der Waals surface area (Å²) < 4.78 is 0. The van der Waals surface area contributed by atoms with Gasteiger partial charge in [0.15, 0.2) is 0 Å². The lowest BCUT2D eigenvalue weighted by Crippen LogP contribution is -2.44. The first-order valence-corrected chi connectivity index (χ1v) is 7.21. The van der Waals surface area contributed by atoms with Crippen LogP contribution >= 0.6 is 0 Å². The molecule has 0 aromatic carbocycles. The van der Waals surface area contributed by atoms with Crippen LogP contribution in [0.5, 0.6) is 0 Å². The van der Waals surface area contributed by atoms with Crippen molar-refractivity contribution in [3.05, 3.63) is 0 Å². The molecule has 2 N–H and O–H groups in total. The summed E-state index contributed by atoms with van der Waals surface area (Å²) in [4.78, 5) is 0. The van der Waals surface area contributed by atoms with Gasteiger partial charge in [-0.25, -0.2) is 0 Å². The average Bonchev–Trinajstić information content (AvgIpc) is 2.32. The fourth-order valence-corrected chi connectivity index (χ4v) is 3.27. The van der Waals surface area contributed by atoms with E-state index in [-0.39, 0.29) is 0 Å². The van der Waals surface area contributed by atoms with E-state index in [9.17, 15) is 0 Å². The third-order valence-electron chi connectivity index (χ3n) is 4.83. The molecule has 3 unspecified atom stereocenters. The van der Waals surface area contributed by atoms with Gasteiger partial charge < -0.3 is 10.6 Å². The molecule has 2 heteroatoms. The van der Waals surface area contributed by atoms with Crippen molar-refractivity contribution in [2.45, 2.75) is 52.0 Å². The molecule has 0 amide bonds. The highest BCUT2D eigenvalue weighted by molar-refractivity contribution is 4.83. The Morgan fingerprint density at radius 1 is 1.06 bits per heavy atom. The first kappa shape index (κ1) is 12.4. The molecular formula is C14H28N2. The van der Waals surface area contributed by atoms with E-state index in [4.69, 9.17) is 0 Å². The lowest BCUT2D eigenvalue weighted by Gasteiger charge is -2.36. The fourth-order valence-electron chi connectivity index (χ4n) is 3.27. The molecule has 1 saturated heterocycles. The lowest BCUT2D eigenvalue weighted by atomic mass is 9.78. The van der Waals surface area contributed by atoms with E-state index in [1.54, 1.807) is 0 Å². The van der Waals surface area contributed by atoms with Gasteiger partial charge in [0.25, 0.3) is 0 Å². The summed E-state index contributed by atoms with van der Waals surface area (Å²) in [5.74, 6) is 2.71. The SMILES string of the molecule is CC1CCCC(NCC2CCNCC2)C1C. The number of nitrogens with one attached hydrogen (secondary N) is 2. The summed E-state index contributed by atoms with van der Waals surface area (Å²) in [7, 11) is 0. The highest BCUT2D eigenvalue weighted by Gasteiger charge is 2.27. The molecule has 0 bridgehead atoms. The molecule has 2 rings (SSSR count). The van der Waals surface area contributed by atoms with Crippen LogP contribution in [-0.4, -0.2) is 25.7 Å². The zero-order valence-corrected chi connectivity index (χ0v) is 11.0. The van der Waals surface area contributed by atoms with Crippen molar-refractivity contribution < 1.29 is 0 Å². The minimum absolute atomic E-state index is 0.790. The van der Waals surface area contributed by atoms with Crippen LogP contribution in [-0.2, 0) is 0 Å². The zero-order valence-electron chi connectivity index (χ0n) is 11.0. The fraction of sp³-hybridized carbons (Fsp3) is 1.00. The van der Waals surface area contributed by atoms with Gasteiger partial charge >= 0.3 is 0 Å². The predicted molar refractivity (Wildman–Crippen MR) is 69.6 cm³/mol. The Kier molecular flexibility index (Phi) is 4.66.